The van der Waals surface area contributed by atoms with Crippen LogP contribution in [0.4, 0.5) is 10.1 Å². The molecule has 0 aromatic heterocycles. The summed E-state index contributed by atoms with van der Waals surface area (Å²) in [4.78, 5) is 1.75. The summed E-state index contributed by atoms with van der Waals surface area (Å²) in [6.07, 6.45) is 0.587. The van der Waals surface area contributed by atoms with Gasteiger partial charge < -0.3 is 10.2 Å². The van der Waals surface area contributed by atoms with Crippen LogP contribution >= 0.6 is 12.2 Å². The van der Waals surface area contributed by atoms with E-state index in [0.29, 0.717) is 17.2 Å². The van der Waals surface area contributed by atoms with E-state index in [2.05, 4.69) is 5.32 Å². The summed E-state index contributed by atoms with van der Waals surface area (Å²) in [5, 5.41) is 3.41. The first-order chi connectivity index (χ1) is 8.87. The van der Waals surface area contributed by atoms with Crippen LogP contribution in [0.2, 0.25) is 0 Å². The minimum atomic E-state index is -2.93. The Balaban J connectivity index is 1.98. The molecule has 1 fully saturated rings. The number of nitrogens with one attached hydrogen (secondary N) is 1. The molecule has 7 heteroatoms. The van der Waals surface area contributed by atoms with E-state index in [1.807, 2.05) is 0 Å². The summed E-state index contributed by atoms with van der Waals surface area (Å²) in [7, 11) is -1.16. The van der Waals surface area contributed by atoms with Crippen LogP contribution in [0.3, 0.4) is 0 Å². The van der Waals surface area contributed by atoms with E-state index in [4.69, 9.17) is 12.2 Å². The zero-order valence-electron chi connectivity index (χ0n) is 10.5. The second-order valence-electron chi connectivity index (χ2n) is 4.60. The maximum atomic E-state index is 12.8. The molecule has 1 N–H and O–H groups in total. The van der Waals surface area contributed by atoms with Crippen LogP contribution in [-0.2, 0) is 9.84 Å². The average molecular weight is 302 g/mol. The molecular formula is C12H15FN2O2S2. The van der Waals surface area contributed by atoms with Crippen LogP contribution in [-0.4, -0.2) is 43.0 Å². The molecule has 0 unspecified atom stereocenters. The molecule has 0 spiro atoms. The van der Waals surface area contributed by atoms with Crippen LogP contribution in [0.25, 0.3) is 0 Å². The van der Waals surface area contributed by atoms with Crippen molar-refractivity contribution < 1.29 is 12.8 Å². The van der Waals surface area contributed by atoms with Crippen LogP contribution in [0, 0.1) is 5.82 Å². The largest absolute Gasteiger partial charge is 0.348 e. The SMILES string of the molecule is CN(C(=S)Nc1ccc(F)cc1)[C@H]1CCS(=O)(=O)C1. The lowest BCUT2D eigenvalue weighted by atomic mass is 10.2. The molecule has 0 radical (unpaired) electrons. The standard InChI is InChI=1S/C12H15FN2O2S2/c1-15(11-6-7-19(16,17)8-11)12(18)14-10-4-2-9(13)3-5-10/h2-5,11H,6-8H2,1H3,(H,14,18)/t11-/m0/s1. The van der Waals surface area contributed by atoms with Crippen molar-refractivity contribution in [3.8, 4) is 0 Å². The summed E-state index contributed by atoms with van der Waals surface area (Å²) >= 11 is 5.23. The number of hydrogen-bond donors (Lipinski definition) is 1. The number of sulfone groups is 1. The summed E-state index contributed by atoms with van der Waals surface area (Å²) in [6.45, 7) is 0. The van der Waals surface area contributed by atoms with Gasteiger partial charge in [0.2, 0.25) is 0 Å². The first-order valence-electron chi connectivity index (χ1n) is 5.87. The van der Waals surface area contributed by atoms with Crippen LogP contribution < -0.4 is 5.32 Å². The maximum absolute atomic E-state index is 12.8. The molecular weight excluding hydrogens is 287 g/mol. The Bertz CT molecular complexity index is 572. The van der Waals surface area contributed by atoms with Crippen molar-refractivity contribution >= 4 is 32.9 Å². The number of rotatable bonds is 2. The van der Waals surface area contributed by atoms with Crippen molar-refractivity contribution in [1.82, 2.24) is 4.90 Å². The smallest absolute Gasteiger partial charge is 0.173 e. The van der Waals surface area contributed by atoms with Crippen molar-refractivity contribution in [3.63, 3.8) is 0 Å². The highest BCUT2D eigenvalue weighted by molar-refractivity contribution is 7.91. The molecule has 1 heterocycles. The Hall–Kier alpha value is -1.21. The first kappa shape index (κ1) is 14.2. The van der Waals surface area contributed by atoms with Gasteiger partial charge in [0.05, 0.1) is 11.5 Å². The van der Waals surface area contributed by atoms with E-state index in [9.17, 15) is 12.8 Å². The predicted octanol–water partition coefficient (Wildman–Crippen LogP) is 1.64. The molecule has 1 aliphatic rings. The summed E-state index contributed by atoms with van der Waals surface area (Å²) in [6, 6.07) is 5.75. The van der Waals surface area contributed by atoms with Gasteiger partial charge in [-0.3, -0.25) is 0 Å². The lowest BCUT2D eigenvalue weighted by molar-refractivity contribution is 0.402. The minimum absolute atomic E-state index is 0.0922. The molecule has 19 heavy (non-hydrogen) atoms. The van der Waals surface area contributed by atoms with Crippen LogP contribution in [0.5, 0.6) is 0 Å². The summed E-state index contributed by atoms with van der Waals surface area (Å²) < 4.78 is 35.6. The van der Waals surface area contributed by atoms with Crippen molar-refractivity contribution in [1.29, 1.82) is 0 Å². The topological polar surface area (TPSA) is 49.4 Å². The molecule has 104 valence electrons. The molecule has 1 aromatic carbocycles. The van der Waals surface area contributed by atoms with Crippen molar-refractivity contribution in [2.24, 2.45) is 0 Å². The normalized spacial score (nSPS) is 21.1. The zero-order chi connectivity index (χ0) is 14.0. The van der Waals surface area contributed by atoms with Crippen LogP contribution in [0.15, 0.2) is 24.3 Å². The number of halogens is 1. The van der Waals surface area contributed by atoms with Gasteiger partial charge in [-0.15, -0.1) is 0 Å². The van der Waals surface area contributed by atoms with Gasteiger partial charge >= 0.3 is 0 Å². The molecule has 1 saturated heterocycles. The Morgan fingerprint density at radius 1 is 1.42 bits per heavy atom. The molecule has 1 atom stereocenters. The van der Waals surface area contributed by atoms with E-state index < -0.39 is 9.84 Å². The molecule has 0 amide bonds. The monoisotopic (exact) mass is 302 g/mol. The fourth-order valence-corrected chi connectivity index (χ4v) is 4.03. The molecule has 4 nitrogen and oxygen atoms in total. The van der Waals surface area contributed by atoms with Gasteiger partial charge in [0.1, 0.15) is 5.82 Å². The highest BCUT2D eigenvalue weighted by atomic mass is 32.2. The van der Waals surface area contributed by atoms with Crippen LogP contribution in [0.1, 0.15) is 6.42 Å². The molecule has 2 rings (SSSR count). The van der Waals surface area contributed by atoms with Gasteiger partial charge in [-0.25, -0.2) is 12.8 Å². The van der Waals surface area contributed by atoms with E-state index in [0.717, 1.165) is 0 Å². The third-order valence-electron chi connectivity index (χ3n) is 3.17. The number of nitrogens with zero attached hydrogens (tertiary/aromatic N) is 1. The van der Waals surface area contributed by atoms with E-state index in [-0.39, 0.29) is 23.4 Å². The van der Waals surface area contributed by atoms with Crippen molar-refractivity contribution in [2.75, 3.05) is 23.9 Å². The van der Waals surface area contributed by atoms with Gasteiger partial charge in [0, 0.05) is 18.8 Å². The predicted molar refractivity (Wildman–Crippen MR) is 77.4 cm³/mol. The molecule has 0 aliphatic carbocycles. The summed E-state index contributed by atoms with van der Waals surface area (Å²) in [5.74, 6) is 0.0299. The second kappa shape index (κ2) is 5.42. The zero-order valence-corrected chi connectivity index (χ0v) is 12.1. The van der Waals surface area contributed by atoms with Crippen molar-refractivity contribution in [2.45, 2.75) is 12.5 Å². The highest BCUT2D eigenvalue weighted by Gasteiger charge is 2.31. The lowest BCUT2D eigenvalue weighted by Gasteiger charge is -2.26. The lowest BCUT2D eigenvalue weighted by Crippen LogP contribution is -2.40. The van der Waals surface area contributed by atoms with E-state index >= 15 is 0 Å². The molecule has 0 bridgehead atoms. The quantitative estimate of drug-likeness (QED) is 0.842. The number of hydrogen-bond acceptors (Lipinski definition) is 3. The molecule has 0 saturated carbocycles. The highest BCUT2D eigenvalue weighted by Crippen LogP contribution is 2.18. The maximum Gasteiger partial charge on any atom is 0.173 e. The van der Waals surface area contributed by atoms with Gasteiger partial charge in [-0.05, 0) is 42.9 Å². The van der Waals surface area contributed by atoms with Gasteiger partial charge in [0.25, 0.3) is 0 Å². The van der Waals surface area contributed by atoms with E-state index in [1.165, 1.54) is 12.1 Å². The number of anilines is 1. The average Bonchev–Trinajstić information content (AvgIpc) is 2.71. The number of thiocarbonyl (C=S) groups is 1. The van der Waals surface area contributed by atoms with Gasteiger partial charge in [-0.2, -0.15) is 0 Å². The third kappa shape index (κ3) is 3.63. The summed E-state index contributed by atoms with van der Waals surface area (Å²) in [5.41, 5.74) is 0.680. The molecule has 1 aliphatic heterocycles. The third-order valence-corrected chi connectivity index (χ3v) is 5.31. The Kier molecular flexibility index (Phi) is 4.05. The van der Waals surface area contributed by atoms with Gasteiger partial charge in [-0.1, -0.05) is 0 Å². The Morgan fingerprint density at radius 3 is 2.58 bits per heavy atom. The van der Waals surface area contributed by atoms with E-state index in [1.54, 1.807) is 24.1 Å². The first-order valence-corrected chi connectivity index (χ1v) is 8.10. The fraction of sp³-hybridized carbons (Fsp3) is 0.417. The Labute approximate surface area is 117 Å². The minimum Gasteiger partial charge on any atom is -0.348 e. The fourth-order valence-electron chi connectivity index (χ4n) is 1.99. The molecule has 1 aromatic rings. The van der Waals surface area contributed by atoms with Crippen molar-refractivity contribution in [3.05, 3.63) is 30.1 Å². The van der Waals surface area contributed by atoms with Gasteiger partial charge in [0.15, 0.2) is 14.9 Å². The Morgan fingerprint density at radius 2 is 2.05 bits per heavy atom. The number of benzene rings is 1. The second-order valence-corrected chi connectivity index (χ2v) is 7.22.